The molecule has 0 saturated heterocycles. The summed E-state index contributed by atoms with van der Waals surface area (Å²) >= 11 is 5.74. The highest BCUT2D eigenvalue weighted by Crippen LogP contribution is 2.23. The second-order valence-corrected chi connectivity index (χ2v) is 4.53. The van der Waals surface area contributed by atoms with Crippen molar-refractivity contribution in [2.45, 2.75) is 12.8 Å². The average molecular weight is 309 g/mol. The lowest BCUT2D eigenvalue weighted by atomic mass is 10.0. The van der Waals surface area contributed by atoms with E-state index < -0.39 is 11.9 Å². The van der Waals surface area contributed by atoms with Gasteiger partial charge >= 0.3 is 5.97 Å². The van der Waals surface area contributed by atoms with Gasteiger partial charge in [0.25, 0.3) is 0 Å². The second-order valence-electron chi connectivity index (χ2n) is 4.20. The maximum atomic E-state index is 11.7. The third-order valence-corrected chi connectivity index (χ3v) is 3.02. The maximum Gasteiger partial charge on any atom is 0.343 e. The van der Waals surface area contributed by atoms with Crippen molar-refractivity contribution < 1.29 is 14.3 Å². The highest BCUT2D eigenvalue weighted by atomic mass is 35.5. The van der Waals surface area contributed by atoms with Crippen LogP contribution in [0.5, 0.6) is 0 Å². The van der Waals surface area contributed by atoms with Crippen molar-refractivity contribution in [3.63, 3.8) is 0 Å². The van der Waals surface area contributed by atoms with Gasteiger partial charge in [0, 0.05) is 11.9 Å². The first-order valence-corrected chi connectivity index (χ1v) is 6.49. The van der Waals surface area contributed by atoms with Gasteiger partial charge in [-0.15, -0.1) is 0 Å². The van der Waals surface area contributed by atoms with Crippen molar-refractivity contribution in [2.75, 3.05) is 12.4 Å². The molecule has 0 radical (unpaired) electrons. The van der Waals surface area contributed by atoms with Gasteiger partial charge in [-0.1, -0.05) is 12.2 Å². The molecule has 21 heavy (non-hydrogen) atoms. The number of esters is 1. The van der Waals surface area contributed by atoms with Crippen molar-refractivity contribution in [1.29, 1.82) is 0 Å². The van der Waals surface area contributed by atoms with E-state index in [2.05, 4.69) is 20.0 Å². The minimum atomic E-state index is -0.616. The number of rotatable bonds is 4. The molecular formula is C13H13ClN4O3. The summed E-state index contributed by atoms with van der Waals surface area (Å²) in [5.41, 5.74) is 6.26. The lowest BCUT2D eigenvalue weighted by molar-refractivity contribution is -0.114. The molecule has 1 aliphatic rings. The number of allylic oxidation sites excluding steroid dienone is 2. The van der Waals surface area contributed by atoms with E-state index in [1.54, 1.807) is 12.2 Å². The molecular weight excluding hydrogens is 296 g/mol. The predicted molar refractivity (Wildman–Crippen MR) is 76.6 cm³/mol. The Morgan fingerprint density at radius 1 is 1.38 bits per heavy atom. The van der Waals surface area contributed by atoms with Gasteiger partial charge in [0.2, 0.25) is 11.2 Å². The monoisotopic (exact) mass is 308 g/mol. The first-order chi connectivity index (χ1) is 10.0. The van der Waals surface area contributed by atoms with Gasteiger partial charge in [0.15, 0.2) is 0 Å². The van der Waals surface area contributed by atoms with Gasteiger partial charge in [-0.2, -0.15) is 4.98 Å². The molecule has 0 unspecified atom stereocenters. The van der Waals surface area contributed by atoms with Gasteiger partial charge in [0.05, 0.1) is 12.7 Å². The molecule has 2 rings (SSSR count). The first kappa shape index (κ1) is 15.0. The normalized spacial score (nSPS) is 14.0. The van der Waals surface area contributed by atoms with E-state index in [1.165, 1.54) is 13.3 Å². The molecule has 0 bridgehead atoms. The number of nitrogens with zero attached hydrogens (tertiary/aromatic N) is 2. The lowest BCUT2D eigenvalue weighted by Gasteiger charge is -2.16. The van der Waals surface area contributed by atoms with Crippen LogP contribution in [0.1, 0.15) is 23.2 Å². The van der Waals surface area contributed by atoms with Crippen LogP contribution in [-0.2, 0) is 9.53 Å². The summed E-state index contributed by atoms with van der Waals surface area (Å²) in [7, 11) is 1.25. The number of aromatic nitrogens is 2. The summed E-state index contributed by atoms with van der Waals surface area (Å²) in [6.07, 6.45) is 6.24. The molecule has 0 aromatic carbocycles. The summed E-state index contributed by atoms with van der Waals surface area (Å²) in [5.74, 6) is -1.02. The number of hydrogen-bond acceptors (Lipinski definition) is 6. The Hall–Kier alpha value is -2.41. The van der Waals surface area contributed by atoms with Crippen molar-refractivity contribution >= 4 is 29.3 Å². The third-order valence-electron chi connectivity index (χ3n) is 2.84. The highest BCUT2D eigenvalue weighted by molar-refractivity contribution is 6.28. The van der Waals surface area contributed by atoms with Gasteiger partial charge in [0.1, 0.15) is 11.4 Å². The highest BCUT2D eigenvalue weighted by Gasteiger charge is 2.19. The third kappa shape index (κ3) is 3.38. The van der Waals surface area contributed by atoms with Gasteiger partial charge < -0.3 is 15.8 Å². The molecule has 0 fully saturated rings. The quantitative estimate of drug-likeness (QED) is 0.643. The Kier molecular flexibility index (Phi) is 4.54. The number of carbonyl (C=O) groups excluding carboxylic acids is 2. The minimum absolute atomic E-state index is 0.0360. The Balaban J connectivity index is 2.37. The average Bonchev–Trinajstić information content (AvgIpc) is 2.47. The molecule has 1 amide bonds. The number of halogens is 1. The number of primary amides is 1. The zero-order valence-corrected chi connectivity index (χ0v) is 12.0. The van der Waals surface area contributed by atoms with Crippen LogP contribution in [0.3, 0.4) is 0 Å². The number of amides is 1. The molecule has 0 saturated carbocycles. The molecule has 1 aromatic heterocycles. The smallest absolute Gasteiger partial charge is 0.343 e. The van der Waals surface area contributed by atoms with Crippen molar-refractivity contribution in [2.24, 2.45) is 5.73 Å². The standard InChI is InChI=1S/C13H13ClN4O3/c1-21-12(20)8-6-16-13(14)18-11(8)17-9-5-3-2-4-7(9)10(15)19/h4-6H,2-3H2,1H3,(H2,15,19)(H,16,17,18). The fourth-order valence-electron chi connectivity index (χ4n) is 1.87. The van der Waals surface area contributed by atoms with Crippen molar-refractivity contribution in [3.8, 4) is 0 Å². The number of methoxy groups -OCH3 is 1. The molecule has 1 aliphatic carbocycles. The van der Waals surface area contributed by atoms with E-state index >= 15 is 0 Å². The van der Waals surface area contributed by atoms with Crippen molar-refractivity contribution in [3.05, 3.63) is 40.5 Å². The maximum absolute atomic E-state index is 11.7. The largest absolute Gasteiger partial charge is 0.465 e. The summed E-state index contributed by atoms with van der Waals surface area (Å²) < 4.78 is 4.65. The van der Waals surface area contributed by atoms with E-state index in [4.69, 9.17) is 17.3 Å². The second kappa shape index (κ2) is 6.36. The van der Waals surface area contributed by atoms with Crippen LogP contribution in [0.25, 0.3) is 0 Å². The number of nitrogens with two attached hydrogens (primary N) is 1. The fraction of sp³-hybridized carbons (Fsp3) is 0.231. The van der Waals surface area contributed by atoms with Crippen LogP contribution in [0, 0.1) is 0 Å². The Morgan fingerprint density at radius 2 is 2.10 bits per heavy atom. The number of nitrogens with one attached hydrogen (secondary N) is 1. The van der Waals surface area contributed by atoms with Crippen LogP contribution in [0.2, 0.25) is 5.28 Å². The number of hydrogen-bond donors (Lipinski definition) is 2. The summed E-state index contributed by atoms with van der Waals surface area (Å²) in [4.78, 5) is 30.8. The molecule has 1 heterocycles. The fourth-order valence-corrected chi connectivity index (χ4v) is 2.00. The SMILES string of the molecule is COC(=O)c1cnc(Cl)nc1NC1=CCCC=C1C(N)=O. The summed E-state index contributed by atoms with van der Waals surface area (Å²) in [6, 6.07) is 0. The molecule has 7 nitrogen and oxygen atoms in total. The van der Waals surface area contributed by atoms with Crippen LogP contribution in [0.4, 0.5) is 5.82 Å². The van der Waals surface area contributed by atoms with E-state index in [-0.39, 0.29) is 16.7 Å². The van der Waals surface area contributed by atoms with Crippen LogP contribution in [-0.4, -0.2) is 29.0 Å². The first-order valence-electron chi connectivity index (χ1n) is 6.11. The molecule has 110 valence electrons. The Bertz CT molecular complexity index is 655. The van der Waals surface area contributed by atoms with Crippen LogP contribution in [0.15, 0.2) is 29.6 Å². The summed E-state index contributed by atoms with van der Waals surface area (Å²) in [6.45, 7) is 0. The predicted octanol–water partition coefficient (Wildman–Crippen LogP) is 1.42. The molecule has 0 aliphatic heterocycles. The van der Waals surface area contributed by atoms with Crippen molar-refractivity contribution in [1.82, 2.24) is 9.97 Å². The Morgan fingerprint density at radius 3 is 2.76 bits per heavy atom. The minimum Gasteiger partial charge on any atom is -0.465 e. The zero-order valence-electron chi connectivity index (χ0n) is 11.2. The van der Waals surface area contributed by atoms with Crippen LogP contribution < -0.4 is 11.1 Å². The Labute approximate surface area is 125 Å². The van der Waals surface area contributed by atoms with E-state index in [9.17, 15) is 9.59 Å². The van der Waals surface area contributed by atoms with Gasteiger partial charge in [-0.05, 0) is 24.4 Å². The summed E-state index contributed by atoms with van der Waals surface area (Å²) in [5, 5.41) is 2.86. The van der Waals surface area contributed by atoms with Gasteiger partial charge in [-0.25, -0.2) is 9.78 Å². The number of ether oxygens (including phenoxy) is 1. The molecule has 3 N–H and O–H groups in total. The van der Waals surface area contributed by atoms with E-state index in [0.717, 1.165) is 12.8 Å². The lowest BCUT2D eigenvalue weighted by Crippen LogP contribution is -2.21. The molecule has 8 heteroatoms. The molecule has 0 spiro atoms. The number of anilines is 1. The number of carbonyl (C=O) groups is 2. The zero-order chi connectivity index (χ0) is 15.4. The molecule has 1 aromatic rings. The van der Waals surface area contributed by atoms with Crippen LogP contribution >= 0.6 is 11.6 Å². The van der Waals surface area contributed by atoms with Gasteiger partial charge in [-0.3, -0.25) is 4.79 Å². The van der Waals surface area contributed by atoms with E-state index in [0.29, 0.717) is 11.3 Å². The van der Waals surface area contributed by atoms with E-state index in [1.807, 2.05) is 0 Å². The topological polar surface area (TPSA) is 107 Å². The molecule has 0 atom stereocenters.